The van der Waals surface area contributed by atoms with Crippen LogP contribution in [0, 0.1) is 0 Å². The van der Waals surface area contributed by atoms with E-state index in [1.807, 2.05) is 29.9 Å². The molecule has 18 heavy (non-hydrogen) atoms. The molecule has 96 valence electrons. The van der Waals surface area contributed by atoms with Crippen molar-refractivity contribution in [1.29, 1.82) is 0 Å². The molecule has 0 bridgehead atoms. The molecule has 5 heteroatoms. The maximum atomic E-state index is 5.78. The van der Waals surface area contributed by atoms with Gasteiger partial charge >= 0.3 is 0 Å². The molecule has 0 fully saturated rings. The van der Waals surface area contributed by atoms with Crippen LogP contribution in [0.25, 0.3) is 0 Å². The molecular formula is C13H16ClN3S. The molecule has 0 N–H and O–H groups in total. The molecule has 0 aliphatic rings. The summed E-state index contributed by atoms with van der Waals surface area (Å²) in [6, 6.07) is 4.37. The molecule has 0 aliphatic heterocycles. The minimum absolute atomic E-state index is 0.292. The molecule has 2 rings (SSSR count). The summed E-state index contributed by atoms with van der Waals surface area (Å²) >= 11 is 7.45. The first-order valence-electron chi connectivity index (χ1n) is 5.80. The third kappa shape index (κ3) is 3.28. The number of hydrogen-bond donors (Lipinski definition) is 0. The van der Waals surface area contributed by atoms with E-state index in [1.165, 1.54) is 5.56 Å². The molecule has 0 aliphatic carbocycles. The van der Waals surface area contributed by atoms with Gasteiger partial charge in [0.2, 0.25) is 0 Å². The normalized spacial score (nSPS) is 12.9. The summed E-state index contributed by atoms with van der Waals surface area (Å²) < 4.78 is 0. The molecule has 0 spiro atoms. The molecule has 1 atom stereocenters. The van der Waals surface area contributed by atoms with Crippen LogP contribution >= 0.6 is 22.9 Å². The SMILES string of the molecule is CC(c1nc(CCl)cs1)N(C)Cc1ccncc1. The number of hydrogen-bond acceptors (Lipinski definition) is 4. The molecule has 2 heterocycles. The first kappa shape index (κ1) is 13.5. The maximum absolute atomic E-state index is 5.78. The van der Waals surface area contributed by atoms with Crippen molar-refractivity contribution >= 4 is 22.9 Å². The summed E-state index contributed by atoms with van der Waals surface area (Å²) in [5.41, 5.74) is 2.22. The van der Waals surface area contributed by atoms with Crippen molar-refractivity contribution in [1.82, 2.24) is 14.9 Å². The van der Waals surface area contributed by atoms with Crippen LogP contribution in [0.2, 0.25) is 0 Å². The summed E-state index contributed by atoms with van der Waals surface area (Å²) in [5, 5.41) is 3.14. The van der Waals surface area contributed by atoms with Gasteiger partial charge in [-0.2, -0.15) is 0 Å². The third-order valence-corrected chi connectivity index (χ3v) is 4.24. The van der Waals surface area contributed by atoms with Gasteiger partial charge in [-0.05, 0) is 31.7 Å². The molecule has 0 aromatic carbocycles. The van der Waals surface area contributed by atoms with Gasteiger partial charge in [-0.3, -0.25) is 9.88 Å². The van der Waals surface area contributed by atoms with E-state index in [0.29, 0.717) is 11.9 Å². The van der Waals surface area contributed by atoms with Crippen molar-refractivity contribution in [2.45, 2.75) is 25.4 Å². The first-order valence-corrected chi connectivity index (χ1v) is 7.21. The Labute approximate surface area is 116 Å². The van der Waals surface area contributed by atoms with Gasteiger partial charge in [-0.1, -0.05) is 0 Å². The van der Waals surface area contributed by atoms with E-state index in [4.69, 9.17) is 11.6 Å². The van der Waals surface area contributed by atoms with Crippen LogP contribution in [0.3, 0.4) is 0 Å². The Hall–Kier alpha value is -0.970. The lowest BCUT2D eigenvalue weighted by Gasteiger charge is -2.22. The van der Waals surface area contributed by atoms with Crippen molar-refractivity contribution in [3.8, 4) is 0 Å². The highest BCUT2D eigenvalue weighted by Crippen LogP contribution is 2.24. The number of aromatic nitrogens is 2. The van der Waals surface area contributed by atoms with E-state index in [-0.39, 0.29) is 0 Å². The second-order valence-corrected chi connectivity index (χ2v) is 5.41. The van der Waals surface area contributed by atoms with E-state index in [2.05, 4.69) is 28.8 Å². The Kier molecular flexibility index (Phi) is 4.69. The zero-order valence-electron chi connectivity index (χ0n) is 10.5. The fourth-order valence-corrected chi connectivity index (χ4v) is 2.85. The second kappa shape index (κ2) is 6.27. The summed E-state index contributed by atoms with van der Waals surface area (Å²) in [5.74, 6) is 0.483. The van der Waals surface area contributed by atoms with Crippen LogP contribution in [0.15, 0.2) is 29.9 Å². The summed E-state index contributed by atoms with van der Waals surface area (Å²) in [4.78, 5) is 10.8. The minimum Gasteiger partial charge on any atom is -0.293 e. The van der Waals surface area contributed by atoms with Gasteiger partial charge in [0.25, 0.3) is 0 Å². The van der Waals surface area contributed by atoms with E-state index >= 15 is 0 Å². The molecule has 1 unspecified atom stereocenters. The monoisotopic (exact) mass is 281 g/mol. The largest absolute Gasteiger partial charge is 0.293 e. The average molecular weight is 282 g/mol. The molecule has 0 saturated carbocycles. The third-order valence-electron chi connectivity index (χ3n) is 2.91. The van der Waals surface area contributed by atoms with Crippen molar-refractivity contribution in [3.05, 3.63) is 46.2 Å². The Morgan fingerprint density at radius 3 is 2.72 bits per heavy atom. The Morgan fingerprint density at radius 2 is 2.11 bits per heavy atom. The van der Waals surface area contributed by atoms with Gasteiger partial charge < -0.3 is 0 Å². The van der Waals surface area contributed by atoms with Crippen LogP contribution in [0.1, 0.15) is 29.2 Å². The summed E-state index contributed by atoms with van der Waals surface area (Å²) in [7, 11) is 2.10. The lowest BCUT2D eigenvalue weighted by atomic mass is 10.2. The van der Waals surface area contributed by atoms with Crippen molar-refractivity contribution in [3.63, 3.8) is 0 Å². The smallest absolute Gasteiger partial charge is 0.110 e. The van der Waals surface area contributed by atoms with E-state index in [0.717, 1.165) is 17.2 Å². The molecule has 2 aromatic rings. The van der Waals surface area contributed by atoms with Gasteiger partial charge in [-0.15, -0.1) is 22.9 Å². The fourth-order valence-electron chi connectivity index (χ4n) is 1.68. The number of halogens is 1. The van der Waals surface area contributed by atoms with Crippen LogP contribution < -0.4 is 0 Å². The Balaban J connectivity index is 2.02. The van der Waals surface area contributed by atoms with Crippen molar-refractivity contribution < 1.29 is 0 Å². The van der Waals surface area contributed by atoms with E-state index in [1.54, 1.807) is 11.3 Å². The van der Waals surface area contributed by atoms with Crippen LogP contribution in [0.4, 0.5) is 0 Å². The highest BCUT2D eigenvalue weighted by atomic mass is 35.5. The fraction of sp³-hybridized carbons (Fsp3) is 0.385. The Bertz CT molecular complexity index is 486. The Morgan fingerprint density at radius 1 is 1.39 bits per heavy atom. The topological polar surface area (TPSA) is 29.0 Å². The van der Waals surface area contributed by atoms with E-state index in [9.17, 15) is 0 Å². The van der Waals surface area contributed by atoms with Crippen LogP contribution in [-0.4, -0.2) is 21.9 Å². The zero-order chi connectivity index (χ0) is 13.0. The minimum atomic E-state index is 0.292. The van der Waals surface area contributed by atoms with Crippen molar-refractivity contribution in [2.75, 3.05) is 7.05 Å². The summed E-state index contributed by atoms with van der Waals surface area (Å²) in [6.45, 7) is 3.05. The second-order valence-electron chi connectivity index (χ2n) is 4.26. The molecular weight excluding hydrogens is 266 g/mol. The average Bonchev–Trinajstić information content (AvgIpc) is 2.87. The highest BCUT2D eigenvalue weighted by Gasteiger charge is 2.15. The first-order chi connectivity index (χ1) is 8.70. The number of rotatable bonds is 5. The van der Waals surface area contributed by atoms with E-state index < -0.39 is 0 Å². The predicted octanol–water partition coefficient (Wildman–Crippen LogP) is 3.47. The molecule has 0 saturated heterocycles. The zero-order valence-corrected chi connectivity index (χ0v) is 12.1. The summed E-state index contributed by atoms with van der Waals surface area (Å²) in [6.07, 6.45) is 3.64. The van der Waals surface area contributed by atoms with Crippen LogP contribution in [0.5, 0.6) is 0 Å². The van der Waals surface area contributed by atoms with Gasteiger partial charge in [0.1, 0.15) is 5.01 Å². The number of nitrogens with zero attached hydrogens (tertiary/aromatic N) is 3. The maximum Gasteiger partial charge on any atom is 0.110 e. The van der Waals surface area contributed by atoms with Gasteiger partial charge in [-0.25, -0.2) is 4.98 Å². The number of pyridine rings is 1. The van der Waals surface area contributed by atoms with Gasteiger partial charge in [0.15, 0.2) is 0 Å². The quantitative estimate of drug-likeness (QED) is 0.786. The molecule has 3 nitrogen and oxygen atoms in total. The lowest BCUT2D eigenvalue weighted by molar-refractivity contribution is 0.252. The predicted molar refractivity (Wildman–Crippen MR) is 75.8 cm³/mol. The van der Waals surface area contributed by atoms with Gasteiger partial charge in [0, 0.05) is 24.3 Å². The number of alkyl halides is 1. The van der Waals surface area contributed by atoms with Crippen molar-refractivity contribution in [2.24, 2.45) is 0 Å². The molecule has 0 amide bonds. The molecule has 0 radical (unpaired) electrons. The molecule has 2 aromatic heterocycles. The number of thiazole rings is 1. The van der Waals surface area contributed by atoms with Crippen LogP contribution in [-0.2, 0) is 12.4 Å². The highest BCUT2D eigenvalue weighted by molar-refractivity contribution is 7.09. The standard InChI is InChI=1S/C13H16ClN3S/c1-10(13-16-12(7-14)9-18-13)17(2)8-11-3-5-15-6-4-11/h3-6,9-10H,7-8H2,1-2H3. The lowest BCUT2D eigenvalue weighted by Crippen LogP contribution is -2.21. The van der Waals surface area contributed by atoms with Gasteiger partial charge in [0.05, 0.1) is 17.6 Å².